The van der Waals surface area contributed by atoms with E-state index in [9.17, 15) is 23.1 Å². The number of aryl methyl sites for hydroxylation is 1. The topological polar surface area (TPSA) is 128 Å². The van der Waals surface area contributed by atoms with Crippen LogP contribution >= 0.6 is 11.6 Å². The van der Waals surface area contributed by atoms with Gasteiger partial charge in [0.1, 0.15) is 22.4 Å². The summed E-state index contributed by atoms with van der Waals surface area (Å²) in [5.41, 5.74) is -0.449. The first-order valence-corrected chi connectivity index (χ1v) is 13.8. The molecule has 3 rings (SSSR count). The number of carboxylic acid groups (broad SMARTS) is 1. The molecule has 0 fully saturated rings. The largest absolute Gasteiger partial charge is 0.486 e. The normalized spacial score (nSPS) is 16.2. The van der Waals surface area contributed by atoms with Crippen molar-refractivity contribution in [1.29, 1.82) is 0 Å². The van der Waals surface area contributed by atoms with Crippen LogP contribution in [0.1, 0.15) is 59.1 Å². The average molecular weight is 556 g/mol. The molecule has 1 aliphatic heterocycles. The number of hydrogen-bond acceptors (Lipinski definition) is 7. The van der Waals surface area contributed by atoms with E-state index >= 15 is 0 Å². The number of ether oxygens (including phenoxy) is 2. The number of fused-ring (bicyclic) bond motifs is 1. The molecular formula is C25H34ClN3O7S. The van der Waals surface area contributed by atoms with Gasteiger partial charge in [-0.15, -0.1) is 0 Å². The fourth-order valence-electron chi connectivity index (χ4n) is 4.15. The fourth-order valence-corrected chi connectivity index (χ4v) is 6.17. The van der Waals surface area contributed by atoms with Crippen molar-refractivity contribution >= 4 is 39.3 Å². The third-order valence-electron chi connectivity index (χ3n) is 6.07. The Morgan fingerprint density at radius 1 is 1.24 bits per heavy atom. The third-order valence-corrected chi connectivity index (χ3v) is 8.23. The van der Waals surface area contributed by atoms with Crippen LogP contribution in [-0.2, 0) is 37.3 Å². The van der Waals surface area contributed by atoms with Gasteiger partial charge in [-0.3, -0.25) is 18.6 Å². The molecule has 1 aromatic carbocycles. The number of hydrogen-bond donors (Lipinski definition) is 1. The van der Waals surface area contributed by atoms with Gasteiger partial charge in [-0.05, 0) is 65.7 Å². The first-order chi connectivity index (χ1) is 17.0. The highest BCUT2D eigenvalue weighted by molar-refractivity contribution is 7.93. The number of benzene rings is 1. The minimum atomic E-state index is -4.23. The van der Waals surface area contributed by atoms with Crippen LogP contribution in [0.15, 0.2) is 23.2 Å². The van der Waals surface area contributed by atoms with E-state index in [1.54, 1.807) is 60.6 Å². The minimum absolute atomic E-state index is 0.0612. The zero-order valence-corrected chi connectivity index (χ0v) is 23.7. The van der Waals surface area contributed by atoms with E-state index in [0.29, 0.717) is 17.7 Å². The standard InChI is InChI=1S/C25H34ClN3O7S/c1-8-28-14-19(22(26)27-28)37(33,34)29-13-17(12-25(6,7)23(31)32)35-18-10-9-16(15(2)21(18)29)11-20(30)36-24(3,4)5/h9-10,14,17H,8,11-13H2,1-7H3,(H,31,32)/t17-/m1/s1. The highest BCUT2D eigenvalue weighted by atomic mass is 35.5. The molecule has 204 valence electrons. The van der Waals surface area contributed by atoms with Gasteiger partial charge in [0.2, 0.25) is 0 Å². The van der Waals surface area contributed by atoms with E-state index in [0.717, 1.165) is 0 Å². The van der Waals surface area contributed by atoms with Crippen molar-refractivity contribution in [3.8, 4) is 5.75 Å². The second-order valence-electron chi connectivity index (χ2n) is 10.8. The van der Waals surface area contributed by atoms with Crippen LogP contribution in [0.25, 0.3) is 0 Å². The predicted molar refractivity (Wildman–Crippen MR) is 139 cm³/mol. The van der Waals surface area contributed by atoms with Gasteiger partial charge in [-0.1, -0.05) is 17.7 Å². The Morgan fingerprint density at radius 3 is 2.43 bits per heavy atom. The predicted octanol–water partition coefficient (Wildman–Crippen LogP) is 4.21. The van der Waals surface area contributed by atoms with Crippen LogP contribution in [0.3, 0.4) is 0 Å². The van der Waals surface area contributed by atoms with Crippen molar-refractivity contribution in [3.05, 3.63) is 34.6 Å². The lowest BCUT2D eigenvalue weighted by molar-refractivity contribution is -0.154. The Hall–Kier alpha value is -2.79. The maximum atomic E-state index is 13.9. The summed E-state index contributed by atoms with van der Waals surface area (Å²) in [6.45, 7) is 12.2. The monoisotopic (exact) mass is 555 g/mol. The van der Waals surface area contributed by atoms with Crippen molar-refractivity contribution in [3.63, 3.8) is 0 Å². The number of esters is 1. The second kappa shape index (κ2) is 10.2. The Labute approximate surface area is 222 Å². The van der Waals surface area contributed by atoms with Crippen molar-refractivity contribution in [2.45, 2.75) is 84.5 Å². The lowest BCUT2D eigenvalue weighted by atomic mass is 9.86. The molecular weight excluding hydrogens is 522 g/mol. The number of nitrogens with zero attached hydrogens (tertiary/aromatic N) is 3. The summed E-state index contributed by atoms with van der Waals surface area (Å²) in [5, 5.41) is 13.5. The molecule has 12 heteroatoms. The number of sulfonamides is 1. The highest BCUT2D eigenvalue weighted by Crippen LogP contribution is 2.43. The van der Waals surface area contributed by atoms with E-state index in [1.165, 1.54) is 15.2 Å². The molecule has 2 heterocycles. The quantitative estimate of drug-likeness (QED) is 0.480. The van der Waals surface area contributed by atoms with E-state index in [1.807, 2.05) is 0 Å². The first-order valence-electron chi connectivity index (χ1n) is 12.0. The molecule has 0 aliphatic carbocycles. The Bertz CT molecular complexity index is 1310. The van der Waals surface area contributed by atoms with Gasteiger partial charge in [0.05, 0.1) is 24.1 Å². The van der Waals surface area contributed by atoms with Gasteiger partial charge < -0.3 is 14.6 Å². The van der Waals surface area contributed by atoms with Crippen LogP contribution in [-0.4, -0.2) is 53.5 Å². The number of anilines is 1. The molecule has 1 atom stereocenters. The molecule has 0 saturated heterocycles. The van der Waals surface area contributed by atoms with Crippen LogP contribution < -0.4 is 9.04 Å². The number of rotatable bonds is 8. The van der Waals surface area contributed by atoms with E-state index in [-0.39, 0.29) is 40.9 Å². The average Bonchev–Trinajstić information content (AvgIpc) is 3.15. The van der Waals surface area contributed by atoms with Crippen LogP contribution in [0, 0.1) is 12.3 Å². The molecule has 0 unspecified atom stereocenters. The summed E-state index contributed by atoms with van der Waals surface area (Å²) in [6, 6.07) is 3.29. The molecule has 10 nitrogen and oxygen atoms in total. The van der Waals surface area contributed by atoms with Crippen molar-refractivity contribution < 1.29 is 32.6 Å². The van der Waals surface area contributed by atoms with Crippen molar-refractivity contribution in [2.24, 2.45) is 5.41 Å². The summed E-state index contributed by atoms with van der Waals surface area (Å²) < 4.78 is 42.1. The van der Waals surface area contributed by atoms with E-state index in [2.05, 4.69) is 5.10 Å². The fraction of sp³-hybridized carbons (Fsp3) is 0.560. The van der Waals surface area contributed by atoms with E-state index in [4.69, 9.17) is 21.1 Å². The molecule has 0 radical (unpaired) electrons. The van der Waals surface area contributed by atoms with Gasteiger partial charge in [0.25, 0.3) is 10.0 Å². The maximum Gasteiger partial charge on any atom is 0.310 e. The molecule has 1 aliphatic rings. The molecule has 37 heavy (non-hydrogen) atoms. The first kappa shape index (κ1) is 28.8. The van der Waals surface area contributed by atoms with Gasteiger partial charge in [0.15, 0.2) is 5.15 Å². The smallest absolute Gasteiger partial charge is 0.310 e. The molecule has 0 saturated carbocycles. The number of carboxylic acids is 1. The summed E-state index contributed by atoms with van der Waals surface area (Å²) in [6.07, 6.45) is 0.621. The minimum Gasteiger partial charge on any atom is -0.486 e. The highest BCUT2D eigenvalue weighted by Gasteiger charge is 2.41. The lowest BCUT2D eigenvalue weighted by Crippen LogP contribution is -2.46. The summed E-state index contributed by atoms with van der Waals surface area (Å²) in [5.74, 6) is -1.20. The molecule has 1 N–H and O–H groups in total. The second-order valence-corrected chi connectivity index (χ2v) is 13.0. The van der Waals surface area contributed by atoms with E-state index < -0.39 is 39.1 Å². The van der Waals surface area contributed by atoms with Crippen LogP contribution in [0.5, 0.6) is 5.75 Å². The van der Waals surface area contributed by atoms with Gasteiger partial charge in [-0.2, -0.15) is 5.10 Å². The van der Waals surface area contributed by atoms with Crippen molar-refractivity contribution in [1.82, 2.24) is 9.78 Å². The number of aliphatic carboxylic acids is 1. The third kappa shape index (κ3) is 6.20. The van der Waals surface area contributed by atoms with Crippen LogP contribution in [0.4, 0.5) is 5.69 Å². The number of halogens is 1. The Balaban J connectivity index is 2.11. The Kier molecular flexibility index (Phi) is 7.91. The zero-order chi connectivity index (χ0) is 27.9. The molecule has 1 aromatic heterocycles. The summed E-state index contributed by atoms with van der Waals surface area (Å²) >= 11 is 6.23. The van der Waals surface area contributed by atoms with Gasteiger partial charge in [-0.25, -0.2) is 8.42 Å². The lowest BCUT2D eigenvalue weighted by Gasteiger charge is -2.38. The van der Waals surface area contributed by atoms with Crippen LogP contribution in [0.2, 0.25) is 5.15 Å². The molecule has 0 spiro atoms. The van der Waals surface area contributed by atoms with Gasteiger partial charge in [0, 0.05) is 19.2 Å². The summed E-state index contributed by atoms with van der Waals surface area (Å²) in [4.78, 5) is 24.1. The molecule has 2 aromatic rings. The number of carbonyl (C=O) groups is 2. The number of carbonyl (C=O) groups excluding carboxylic acids is 1. The summed E-state index contributed by atoms with van der Waals surface area (Å²) in [7, 11) is -4.23. The SMILES string of the molecule is CCn1cc(S(=O)(=O)N2C[C@@H](CC(C)(C)C(=O)O)Oc3ccc(CC(=O)OC(C)(C)C)c(C)c32)c(Cl)n1. The molecule has 0 bridgehead atoms. The van der Waals surface area contributed by atoms with Crippen molar-refractivity contribution in [2.75, 3.05) is 10.8 Å². The number of aromatic nitrogens is 2. The Morgan fingerprint density at radius 2 is 1.89 bits per heavy atom. The zero-order valence-electron chi connectivity index (χ0n) is 22.2. The maximum absolute atomic E-state index is 13.9. The molecule has 0 amide bonds. The van der Waals surface area contributed by atoms with Gasteiger partial charge >= 0.3 is 11.9 Å².